The van der Waals surface area contributed by atoms with E-state index in [0.717, 1.165) is 28.9 Å². The Morgan fingerprint density at radius 2 is 2.09 bits per heavy atom. The van der Waals surface area contributed by atoms with Gasteiger partial charge in [-0.15, -0.1) is 6.58 Å². The van der Waals surface area contributed by atoms with E-state index >= 15 is 0 Å². The molecular weight excluding hydrogens is 407 g/mol. The summed E-state index contributed by atoms with van der Waals surface area (Å²) >= 11 is 0. The van der Waals surface area contributed by atoms with Crippen LogP contribution in [0, 0.1) is 11.2 Å². The standard InChI is InChI=1S/C22H27FN4O2.C3H6/c1-5-20(28)26-10-9-16(12-26)27-13-17(21(14(3)24)22(27)25-6-2)15-7-8-18(23)19(11-15)29-4;1-3-2/h5,7-8,11,13,16,24-25H,1,6,9-10,12H2,2-4H3;3H,1H2,2H3. The molecule has 1 aliphatic heterocycles. The van der Waals surface area contributed by atoms with Crippen LogP contribution in [0.1, 0.15) is 38.8 Å². The minimum atomic E-state index is -0.426. The Balaban J connectivity index is 0.00000114. The summed E-state index contributed by atoms with van der Waals surface area (Å²) in [6, 6.07) is 4.81. The summed E-state index contributed by atoms with van der Waals surface area (Å²) < 4.78 is 21.2. The fourth-order valence-corrected chi connectivity index (χ4v) is 3.88. The van der Waals surface area contributed by atoms with Gasteiger partial charge in [-0.1, -0.05) is 18.7 Å². The number of benzene rings is 1. The number of rotatable bonds is 7. The fourth-order valence-electron chi connectivity index (χ4n) is 3.88. The maximum atomic E-state index is 13.9. The number of carbonyl (C=O) groups excluding carboxylic acids is 1. The van der Waals surface area contributed by atoms with Gasteiger partial charge in [-0.05, 0) is 51.0 Å². The van der Waals surface area contributed by atoms with Gasteiger partial charge in [-0.3, -0.25) is 4.79 Å². The Hall–Kier alpha value is -3.35. The lowest BCUT2D eigenvalue weighted by Crippen LogP contribution is -2.27. The second kappa shape index (κ2) is 11.3. The highest BCUT2D eigenvalue weighted by Crippen LogP contribution is 2.38. The lowest BCUT2D eigenvalue weighted by atomic mass is 10.0. The first kappa shape index (κ1) is 24.9. The van der Waals surface area contributed by atoms with Crippen molar-refractivity contribution in [2.75, 3.05) is 32.1 Å². The molecule has 2 N–H and O–H groups in total. The molecule has 1 amide bonds. The van der Waals surface area contributed by atoms with E-state index in [9.17, 15) is 9.18 Å². The van der Waals surface area contributed by atoms with Gasteiger partial charge in [0.1, 0.15) is 5.82 Å². The van der Waals surface area contributed by atoms with Crippen LogP contribution in [-0.4, -0.2) is 47.8 Å². The van der Waals surface area contributed by atoms with Gasteiger partial charge < -0.3 is 24.9 Å². The predicted molar refractivity (Wildman–Crippen MR) is 129 cm³/mol. The van der Waals surface area contributed by atoms with E-state index in [1.165, 1.54) is 19.3 Å². The van der Waals surface area contributed by atoms with Crippen molar-refractivity contribution in [1.82, 2.24) is 9.47 Å². The summed E-state index contributed by atoms with van der Waals surface area (Å²) in [7, 11) is 1.43. The first-order valence-corrected chi connectivity index (χ1v) is 10.7. The van der Waals surface area contributed by atoms with Crippen molar-refractivity contribution in [2.45, 2.75) is 33.2 Å². The Morgan fingerprint density at radius 1 is 1.41 bits per heavy atom. The number of hydrogen-bond acceptors (Lipinski definition) is 4. The number of aromatic nitrogens is 1. The third-order valence-electron chi connectivity index (χ3n) is 5.26. The van der Waals surface area contributed by atoms with Gasteiger partial charge in [0, 0.05) is 42.7 Å². The fraction of sp³-hybridized carbons (Fsp3) is 0.360. The molecular formula is C25H33FN4O2. The topological polar surface area (TPSA) is 70.3 Å². The van der Waals surface area contributed by atoms with Crippen molar-refractivity contribution in [2.24, 2.45) is 0 Å². The molecule has 0 bridgehead atoms. The molecule has 1 fully saturated rings. The quantitative estimate of drug-likeness (QED) is 0.350. The second-order valence-electron chi connectivity index (χ2n) is 7.52. The molecule has 1 aromatic heterocycles. The molecule has 3 rings (SSSR count). The smallest absolute Gasteiger partial charge is 0.246 e. The largest absolute Gasteiger partial charge is 0.494 e. The summed E-state index contributed by atoms with van der Waals surface area (Å²) in [5, 5.41) is 11.8. The third-order valence-corrected chi connectivity index (χ3v) is 5.26. The molecule has 7 heteroatoms. The summed E-state index contributed by atoms with van der Waals surface area (Å²) in [6.07, 6.45) is 5.90. The van der Waals surface area contributed by atoms with Crippen molar-refractivity contribution in [3.63, 3.8) is 0 Å². The number of nitrogens with one attached hydrogen (secondary N) is 2. The average molecular weight is 441 g/mol. The molecule has 2 aromatic rings. The van der Waals surface area contributed by atoms with E-state index in [4.69, 9.17) is 10.1 Å². The normalized spacial score (nSPS) is 14.9. The van der Waals surface area contributed by atoms with Crippen LogP contribution in [-0.2, 0) is 4.79 Å². The van der Waals surface area contributed by atoms with Gasteiger partial charge in [0.05, 0.1) is 13.2 Å². The molecule has 0 spiro atoms. The number of nitrogens with zero attached hydrogens (tertiary/aromatic N) is 2. The van der Waals surface area contributed by atoms with Crippen molar-refractivity contribution < 1.29 is 13.9 Å². The maximum absolute atomic E-state index is 13.9. The van der Waals surface area contributed by atoms with Crippen LogP contribution < -0.4 is 10.1 Å². The summed E-state index contributed by atoms with van der Waals surface area (Å²) in [5.74, 6) is 0.510. The maximum Gasteiger partial charge on any atom is 0.246 e. The van der Waals surface area contributed by atoms with E-state index in [-0.39, 0.29) is 17.7 Å². The first-order chi connectivity index (χ1) is 15.3. The highest BCUT2D eigenvalue weighted by Gasteiger charge is 2.30. The Morgan fingerprint density at radius 3 is 2.66 bits per heavy atom. The molecule has 6 nitrogen and oxygen atoms in total. The zero-order valence-electron chi connectivity index (χ0n) is 19.4. The lowest BCUT2D eigenvalue weighted by Gasteiger charge is -2.19. The van der Waals surface area contributed by atoms with Gasteiger partial charge in [-0.2, -0.15) is 0 Å². The van der Waals surface area contributed by atoms with Crippen LogP contribution >= 0.6 is 0 Å². The summed E-state index contributed by atoms with van der Waals surface area (Å²) in [5.41, 5.74) is 2.80. The number of allylic oxidation sites excluding steroid dienone is 1. The third kappa shape index (κ3) is 5.28. The lowest BCUT2D eigenvalue weighted by molar-refractivity contribution is -0.125. The van der Waals surface area contributed by atoms with Crippen molar-refractivity contribution in [3.05, 3.63) is 61.1 Å². The van der Waals surface area contributed by atoms with Crippen molar-refractivity contribution in [3.8, 4) is 16.9 Å². The van der Waals surface area contributed by atoms with Crippen molar-refractivity contribution in [1.29, 1.82) is 5.41 Å². The number of amides is 1. The van der Waals surface area contributed by atoms with E-state index < -0.39 is 5.82 Å². The van der Waals surface area contributed by atoms with E-state index in [2.05, 4.69) is 23.0 Å². The number of anilines is 1. The molecule has 1 atom stereocenters. The van der Waals surface area contributed by atoms with Gasteiger partial charge in [0.15, 0.2) is 11.6 Å². The minimum absolute atomic E-state index is 0.0726. The number of carbonyl (C=O) groups is 1. The first-order valence-electron chi connectivity index (χ1n) is 10.7. The van der Waals surface area contributed by atoms with Crippen LogP contribution in [0.5, 0.6) is 5.75 Å². The molecule has 1 aromatic carbocycles. The molecule has 2 heterocycles. The van der Waals surface area contributed by atoms with Crippen LogP contribution in [0.3, 0.4) is 0 Å². The number of halogens is 1. The van der Waals surface area contributed by atoms with Gasteiger partial charge in [0.25, 0.3) is 0 Å². The SMILES string of the molecule is C=CC.C=CC(=O)N1CCC(n2cc(-c3ccc(F)c(OC)c3)c(C(C)=N)c2NCC)C1. The Bertz CT molecular complexity index is 996. The minimum Gasteiger partial charge on any atom is -0.494 e. The molecule has 172 valence electrons. The van der Waals surface area contributed by atoms with Gasteiger partial charge in [-0.25, -0.2) is 4.39 Å². The molecule has 32 heavy (non-hydrogen) atoms. The number of ether oxygens (including phenoxy) is 1. The zero-order valence-corrected chi connectivity index (χ0v) is 19.4. The van der Waals surface area contributed by atoms with Crippen LogP contribution in [0.15, 0.2) is 49.7 Å². The highest BCUT2D eigenvalue weighted by molar-refractivity contribution is 6.07. The van der Waals surface area contributed by atoms with Crippen LogP contribution in [0.2, 0.25) is 0 Å². The molecule has 1 aliphatic rings. The monoisotopic (exact) mass is 440 g/mol. The van der Waals surface area contributed by atoms with Gasteiger partial charge >= 0.3 is 0 Å². The average Bonchev–Trinajstić information content (AvgIpc) is 3.39. The van der Waals surface area contributed by atoms with E-state index in [1.807, 2.05) is 20.0 Å². The number of hydrogen-bond donors (Lipinski definition) is 2. The van der Waals surface area contributed by atoms with Crippen LogP contribution in [0.25, 0.3) is 11.1 Å². The highest BCUT2D eigenvalue weighted by atomic mass is 19.1. The zero-order chi connectivity index (χ0) is 23.8. The predicted octanol–water partition coefficient (Wildman–Crippen LogP) is 5.27. The molecule has 1 unspecified atom stereocenters. The number of likely N-dealkylation sites (tertiary alicyclic amines) is 1. The Kier molecular flexibility index (Phi) is 8.81. The van der Waals surface area contributed by atoms with Gasteiger partial charge in [0.2, 0.25) is 5.91 Å². The number of methoxy groups -OCH3 is 1. The summed E-state index contributed by atoms with van der Waals surface area (Å²) in [4.78, 5) is 13.8. The second-order valence-corrected chi connectivity index (χ2v) is 7.52. The van der Waals surface area contributed by atoms with Crippen molar-refractivity contribution >= 4 is 17.4 Å². The van der Waals surface area contributed by atoms with E-state index in [1.54, 1.807) is 30.0 Å². The Labute approximate surface area is 189 Å². The van der Waals surface area contributed by atoms with Crippen LogP contribution in [0.4, 0.5) is 10.2 Å². The molecule has 0 aliphatic carbocycles. The molecule has 0 saturated carbocycles. The molecule has 0 radical (unpaired) electrons. The molecule has 1 saturated heterocycles. The summed E-state index contributed by atoms with van der Waals surface area (Å²) in [6.45, 7) is 14.5. The van der Waals surface area contributed by atoms with E-state index in [0.29, 0.717) is 25.3 Å².